The minimum Gasteiger partial charge on any atom is -0.349 e. The molecule has 0 fully saturated rings. The minimum absolute atomic E-state index is 0. The number of nitrogens with zero attached hydrogens (tertiary/aromatic N) is 6. The summed E-state index contributed by atoms with van der Waals surface area (Å²) in [7, 11) is 0. The molecule has 0 aliphatic heterocycles. The number of imidazole rings is 6. The van der Waals surface area contributed by atoms with Crippen LogP contribution in [0.3, 0.4) is 0 Å². The number of nitrogens with one attached hydrogen (secondary N) is 6. The molecule has 6 rings (SSSR count). The van der Waals surface area contributed by atoms with E-state index < -0.39 is 0 Å². The van der Waals surface area contributed by atoms with Crippen LogP contribution in [-0.4, -0.2) is 59.8 Å². The third-order valence-electron chi connectivity index (χ3n) is 3.81. The Balaban J connectivity index is 0.000000418. The predicted molar refractivity (Wildman–Crippen MR) is 140 cm³/mol. The van der Waals surface area contributed by atoms with E-state index in [-0.39, 0.29) is 19.5 Å². The fraction of sp³-hybridized carbons (Fsp3) is 0.250. The van der Waals surface area contributed by atoms with Crippen LogP contribution >= 0.6 is 0 Å². The fourth-order valence-corrected chi connectivity index (χ4v) is 1.95. The minimum atomic E-state index is 0. The van der Waals surface area contributed by atoms with Gasteiger partial charge in [-0.05, 0) is 41.5 Å². The van der Waals surface area contributed by atoms with Crippen LogP contribution in [-0.2, 0) is 19.5 Å². The molecule has 6 N–H and O–H groups in total. The van der Waals surface area contributed by atoms with Crippen molar-refractivity contribution in [2.24, 2.45) is 0 Å². The largest absolute Gasteiger partial charge is 2.00 e. The van der Waals surface area contributed by atoms with Gasteiger partial charge >= 0.3 is 19.5 Å². The van der Waals surface area contributed by atoms with Gasteiger partial charge in [0.25, 0.3) is 0 Å². The first-order valence-corrected chi connectivity index (χ1v) is 11.1. The maximum absolute atomic E-state index is 3.77. The van der Waals surface area contributed by atoms with Crippen molar-refractivity contribution in [3.05, 3.63) is 109 Å². The van der Waals surface area contributed by atoms with Gasteiger partial charge in [-0.1, -0.05) is 0 Å². The molecule has 0 spiro atoms. The summed E-state index contributed by atoms with van der Waals surface area (Å²) < 4.78 is 0. The number of rotatable bonds is 0. The van der Waals surface area contributed by atoms with Crippen LogP contribution in [0.1, 0.15) is 34.2 Å². The Kier molecular flexibility index (Phi) is 18.8. The Hall–Kier alpha value is -4.12. The Labute approximate surface area is 229 Å². The van der Waals surface area contributed by atoms with Gasteiger partial charge in [0.05, 0.1) is 38.0 Å². The number of hydrogen-bond donors (Lipinski definition) is 6. The average molecular weight is 594 g/mol. The first-order chi connectivity index (χ1) is 17.4. The van der Waals surface area contributed by atoms with Gasteiger partial charge in [0, 0.05) is 71.3 Å². The molecule has 0 saturated heterocycles. The molecule has 0 atom stereocenters. The van der Waals surface area contributed by atoms with E-state index in [4.69, 9.17) is 0 Å². The molecule has 0 radical (unpaired) electrons. The average Bonchev–Trinajstić information content (AvgIpc) is 3.67. The van der Waals surface area contributed by atoms with Crippen molar-refractivity contribution in [2.75, 3.05) is 0 Å². The van der Waals surface area contributed by atoms with E-state index in [1.54, 1.807) is 75.1 Å². The second-order valence-electron chi connectivity index (χ2n) is 7.41. The Morgan fingerprint density at radius 2 is 0.459 bits per heavy atom. The fourth-order valence-electron chi connectivity index (χ4n) is 1.95. The molecule has 0 bridgehead atoms. The quantitative estimate of drug-likeness (QED) is 0.143. The van der Waals surface area contributed by atoms with Crippen LogP contribution in [0.25, 0.3) is 0 Å². The molecule has 198 valence electrons. The molecule has 6 aromatic heterocycles. The van der Waals surface area contributed by atoms with Gasteiger partial charge in [0.15, 0.2) is 0 Å². The summed E-state index contributed by atoms with van der Waals surface area (Å²) in [6.07, 6.45) is 20.6. The topological polar surface area (TPSA) is 172 Å². The molecule has 0 saturated carbocycles. The van der Waals surface area contributed by atoms with E-state index in [9.17, 15) is 0 Å². The molecule has 0 aliphatic rings. The van der Waals surface area contributed by atoms with Gasteiger partial charge < -0.3 is 29.9 Å². The number of H-pyrrole nitrogens is 6. The van der Waals surface area contributed by atoms with Gasteiger partial charge in [0.2, 0.25) is 0 Å². The SMILES string of the molecule is Cc1cnc[nH]1.Cc1cnc[nH]1.Cc1cnc[nH]1.Cc1cnc[nH]1.Cc1cnc[nH]1.Cc1cnc[nH]1.[Ru+2]. The van der Waals surface area contributed by atoms with Crippen molar-refractivity contribution in [1.29, 1.82) is 0 Å². The summed E-state index contributed by atoms with van der Waals surface area (Å²) in [4.78, 5) is 39.9. The molecule has 0 unspecified atom stereocenters. The first kappa shape index (κ1) is 32.9. The molecule has 13 heteroatoms. The summed E-state index contributed by atoms with van der Waals surface area (Å²) in [5, 5.41) is 0. The maximum Gasteiger partial charge on any atom is 2.00 e. The monoisotopic (exact) mass is 594 g/mol. The van der Waals surface area contributed by atoms with Crippen molar-refractivity contribution < 1.29 is 19.5 Å². The molecular weight excluding hydrogens is 557 g/mol. The molecule has 37 heavy (non-hydrogen) atoms. The number of aryl methyl sites for hydroxylation is 6. The van der Waals surface area contributed by atoms with Crippen molar-refractivity contribution in [1.82, 2.24) is 59.8 Å². The first-order valence-electron chi connectivity index (χ1n) is 11.1. The summed E-state index contributed by atoms with van der Waals surface area (Å²) in [5.41, 5.74) is 6.64. The summed E-state index contributed by atoms with van der Waals surface area (Å²) >= 11 is 0. The number of hydrogen-bond acceptors (Lipinski definition) is 6. The van der Waals surface area contributed by atoms with Gasteiger partial charge in [-0.25, -0.2) is 29.9 Å². The predicted octanol–water partition coefficient (Wildman–Crippen LogP) is 4.31. The van der Waals surface area contributed by atoms with E-state index in [1.807, 2.05) is 41.5 Å². The van der Waals surface area contributed by atoms with Crippen molar-refractivity contribution in [3.8, 4) is 0 Å². The Bertz CT molecular complexity index is 911. The van der Waals surface area contributed by atoms with E-state index >= 15 is 0 Å². The van der Waals surface area contributed by atoms with Crippen LogP contribution < -0.4 is 0 Å². The maximum atomic E-state index is 3.77. The van der Waals surface area contributed by atoms with E-state index in [1.165, 1.54) is 0 Å². The van der Waals surface area contributed by atoms with Gasteiger partial charge in [-0.15, -0.1) is 0 Å². The second-order valence-corrected chi connectivity index (χ2v) is 7.41. The smallest absolute Gasteiger partial charge is 0.349 e. The van der Waals surface area contributed by atoms with Crippen LogP contribution in [0.5, 0.6) is 0 Å². The summed E-state index contributed by atoms with van der Waals surface area (Å²) in [6.45, 7) is 11.8. The van der Waals surface area contributed by atoms with E-state index in [0.717, 1.165) is 34.2 Å². The van der Waals surface area contributed by atoms with E-state index in [2.05, 4.69) is 59.8 Å². The third-order valence-corrected chi connectivity index (χ3v) is 3.81. The molecule has 12 nitrogen and oxygen atoms in total. The van der Waals surface area contributed by atoms with Crippen molar-refractivity contribution >= 4 is 0 Å². The Morgan fingerprint density at radius 1 is 0.324 bits per heavy atom. The van der Waals surface area contributed by atoms with E-state index in [0.29, 0.717) is 0 Å². The zero-order valence-corrected chi connectivity index (χ0v) is 23.7. The normalized spacial score (nSPS) is 8.59. The molecule has 0 amide bonds. The number of aromatic nitrogens is 12. The van der Waals surface area contributed by atoms with Crippen molar-refractivity contribution in [3.63, 3.8) is 0 Å². The molecule has 0 aromatic carbocycles. The zero-order chi connectivity index (χ0) is 26.4. The van der Waals surface area contributed by atoms with Crippen LogP contribution in [0.2, 0.25) is 0 Å². The third kappa shape index (κ3) is 19.8. The molecular formula is C24H36N12Ru+2. The van der Waals surface area contributed by atoms with Crippen molar-refractivity contribution in [2.45, 2.75) is 41.5 Å². The standard InChI is InChI=1S/6C4H6N2.Ru/c6*1-4-2-5-3-6-4;/h6*2-3H,1H3,(H,5,6);/q;;;;;;+2. The number of aromatic amines is 6. The summed E-state index contributed by atoms with van der Waals surface area (Å²) in [6, 6.07) is 0. The second kappa shape index (κ2) is 21.2. The van der Waals surface area contributed by atoms with Crippen LogP contribution in [0.15, 0.2) is 75.1 Å². The molecule has 6 heterocycles. The molecule has 6 aromatic rings. The summed E-state index contributed by atoms with van der Waals surface area (Å²) in [5.74, 6) is 0. The van der Waals surface area contributed by atoms with Gasteiger partial charge in [0.1, 0.15) is 0 Å². The Morgan fingerprint density at radius 3 is 0.486 bits per heavy atom. The van der Waals surface area contributed by atoms with Gasteiger partial charge in [-0.3, -0.25) is 0 Å². The van der Waals surface area contributed by atoms with Crippen LogP contribution in [0, 0.1) is 41.5 Å². The zero-order valence-electron chi connectivity index (χ0n) is 22.0. The van der Waals surface area contributed by atoms with Gasteiger partial charge in [-0.2, -0.15) is 0 Å². The van der Waals surface area contributed by atoms with Crippen LogP contribution in [0.4, 0.5) is 0 Å². The molecule has 0 aliphatic carbocycles.